The molecule has 2 fully saturated rings. The highest BCUT2D eigenvalue weighted by atomic mass is 16.2. The van der Waals surface area contributed by atoms with E-state index in [9.17, 15) is 9.59 Å². The summed E-state index contributed by atoms with van der Waals surface area (Å²) in [6, 6.07) is 26.8. The van der Waals surface area contributed by atoms with Gasteiger partial charge < -0.3 is 14.8 Å². The molecule has 0 radical (unpaired) electrons. The van der Waals surface area contributed by atoms with E-state index in [-0.39, 0.29) is 18.4 Å². The third kappa shape index (κ3) is 5.68. The van der Waals surface area contributed by atoms with Crippen LogP contribution < -0.4 is 0 Å². The molecule has 0 bridgehead atoms. The summed E-state index contributed by atoms with van der Waals surface area (Å²) in [6.07, 6.45) is 2.52. The number of hydrogen-bond donors (Lipinski definition) is 1. The number of hydrogen-bond acceptors (Lipinski definition) is 2. The number of aromatic nitrogens is 1. The molecule has 1 saturated carbocycles. The van der Waals surface area contributed by atoms with E-state index in [0.29, 0.717) is 31.2 Å². The van der Waals surface area contributed by atoms with E-state index in [0.717, 1.165) is 16.5 Å². The quantitative estimate of drug-likeness (QED) is 0.400. The number of aromatic amines is 1. The Morgan fingerprint density at radius 3 is 2.33 bits per heavy atom. The van der Waals surface area contributed by atoms with Crippen LogP contribution in [0, 0.1) is 13.8 Å². The largest absolute Gasteiger partial charge is 0.351 e. The zero-order valence-corrected chi connectivity index (χ0v) is 21.0. The van der Waals surface area contributed by atoms with Crippen molar-refractivity contribution >= 4 is 22.7 Å². The molecule has 2 heterocycles. The van der Waals surface area contributed by atoms with Crippen LogP contribution in [0.4, 0.5) is 0 Å². The molecule has 36 heavy (non-hydrogen) atoms. The first-order valence-electron chi connectivity index (χ1n) is 12.7. The van der Waals surface area contributed by atoms with Crippen molar-refractivity contribution in [1.82, 2.24) is 14.8 Å². The molecule has 3 aromatic carbocycles. The van der Waals surface area contributed by atoms with Crippen LogP contribution in [-0.2, 0) is 11.3 Å². The monoisotopic (exact) mass is 479 g/mol. The summed E-state index contributed by atoms with van der Waals surface area (Å²) in [5.41, 5.74) is 6.53. The van der Waals surface area contributed by atoms with Crippen molar-refractivity contribution in [1.29, 1.82) is 0 Å². The molecule has 1 aliphatic carbocycles. The van der Waals surface area contributed by atoms with Gasteiger partial charge in [0.25, 0.3) is 5.91 Å². The van der Waals surface area contributed by atoms with Gasteiger partial charge in [0.2, 0.25) is 5.91 Å². The van der Waals surface area contributed by atoms with Gasteiger partial charge in [-0.15, -0.1) is 0 Å². The van der Waals surface area contributed by atoms with E-state index in [4.69, 9.17) is 0 Å². The minimum Gasteiger partial charge on any atom is -0.351 e. The van der Waals surface area contributed by atoms with Crippen molar-refractivity contribution in [2.75, 3.05) is 19.6 Å². The molecule has 0 spiro atoms. The van der Waals surface area contributed by atoms with E-state index < -0.39 is 0 Å². The molecule has 0 atom stereocenters. The average molecular weight is 480 g/mol. The van der Waals surface area contributed by atoms with Crippen LogP contribution in [0.15, 0.2) is 78.9 Å². The molecule has 1 saturated heterocycles. The van der Waals surface area contributed by atoms with Crippen LogP contribution >= 0.6 is 0 Å². The number of nitrogens with zero attached hydrogens (tertiary/aromatic N) is 2. The zero-order chi connectivity index (χ0) is 25.1. The fourth-order valence-corrected chi connectivity index (χ4v) is 4.72. The fourth-order valence-electron chi connectivity index (χ4n) is 4.72. The van der Waals surface area contributed by atoms with Gasteiger partial charge in [-0.3, -0.25) is 9.59 Å². The molecular weight excluding hydrogens is 446 g/mol. The Balaban J connectivity index is 0.000000330. The highest BCUT2D eigenvalue weighted by Gasteiger charge is 2.29. The second-order valence-corrected chi connectivity index (χ2v) is 9.99. The van der Waals surface area contributed by atoms with Crippen LogP contribution in [0.5, 0.6) is 0 Å². The summed E-state index contributed by atoms with van der Waals surface area (Å²) in [6.45, 7) is 5.98. The normalized spacial score (nSPS) is 15.6. The first kappa shape index (κ1) is 23.9. The highest BCUT2D eigenvalue weighted by Crippen LogP contribution is 2.40. The van der Waals surface area contributed by atoms with Gasteiger partial charge in [-0.05, 0) is 61.9 Å². The molecule has 184 valence electrons. The Morgan fingerprint density at radius 1 is 0.889 bits per heavy atom. The molecule has 1 N–H and O–H groups in total. The number of carbonyl (C=O) groups is 2. The Hall–Kier alpha value is -3.86. The third-order valence-electron chi connectivity index (χ3n) is 6.93. The third-order valence-corrected chi connectivity index (χ3v) is 6.93. The summed E-state index contributed by atoms with van der Waals surface area (Å²) in [7, 11) is 0. The maximum atomic E-state index is 13.0. The predicted octanol–water partition coefficient (Wildman–Crippen LogP) is 5.83. The Morgan fingerprint density at radius 2 is 1.67 bits per heavy atom. The summed E-state index contributed by atoms with van der Waals surface area (Å²) < 4.78 is 0. The number of aryl methyl sites for hydroxylation is 2. The first-order chi connectivity index (χ1) is 17.5. The molecule has 2 amide bonds. The summed E-state index contributed by atoms with van der Waals surface area (Å²) in [5.74, 6) is 0.587. The fraction of sp³-hybridized carbons (Fsp3) is 0.290. The van der Waals surface area contributed by atoms with Crippen LogP contribution in [-0.4, -0.2) is 46.2 Å². The second kappa shape index (κ2) is 10.4. The van der Waals surface area contributed by atoms with Crippen LogP contribution in [0.1, 0.15) is 51.5 Å². The van der Waals surface area contributed by atoms with Crippen LogP contribution in [0.3, 0.4) is 0 Å². The van der Waals surface area contributed by atoms with Crippen molar-refractivity contribution in [2.45, 2.75) is 39.2 Å². The molecule has 0 unspecified atom stereocenters. The van der Waals surface area contributed by atoms with Gasteiger partial charge >= 0.3 is 0 Å². The van der Waals surface area contributed by atoms with E-state index in [1.54, 1.807) is 4.90 Å². The van der Waals surface area contributed by atoms with Gasteiger partial charge in [0.1, 0.15) is 12.2 Å². The van der Waals surface area contributed by atoms with E-state index >= 15 is 0 Å². The maximum Gasteiger partial charge on any atom is 0.270 e. The maximum absolute atomic E-state index is 13.0. The number of carbonyl (C=O) groups excluding carboxylic acids is 2. The number of piperazine rings is 1. The lowest BCUT2D eigenvalue weighted by molar-refractivity contribution is -0.135. The number of fused-ring (bicyclic) bond motifs is 1. The molecule has 5 nitrogen and oxygen atoms in total. The second-order valence-electron chi connectivity index (χ2n) is 9.99. The summed E-state index contributed by atoms with van der Waals surface area (Å²) in [5, 5.41) is 1.07. The van der Waals surface area contributed by atoms with Gasteiger partial charge in [-0.1, -0.05) is 71.8 Å². The van der Waals surface area contributed by atoms with Crippen LogP contribution in [0.2, 0.25) is 0 Å². The standard InChI is InChI=1S/C24H25N3O2.C7H8/c1-16-3-2-4-17(11-16)14-26-9-10-27(15-23(26)28)24(29)22-13-20-12-19(18-5-6-18)7-8-21(20)25-22;1-7-5-3-2-4-6-7/h2-4,7-8,11-13,18,25H,5-6,9-10,14-15H2,1H3;2-6H,1H3. The van der Waals surface area contributed by atoms with Gasteiger partial charge in [0.05, 0.1) is 0 Å². The molecule has 1 aliphatic heterocycles. The lowest BCUT2D eigenvalue weighted by atomic mass is 10.1. The number of rotatable bonds is 4. The van der Waals surface area contributed by atoms with Crippen LogP contribution in [0.25, 0.3) is 10.9 Å². The summed E-state index contributed by atoms with van der Waals surface area (Å²) in [4.78, 5) is 32.4. The van der Waals surface area contributed by atoms with Gasteiger partial charge in [0, 0.05) is 30.5 Å². The Bertz CT molecular complexity index is 1370. The molecule has 5 heteroatoms. The SMILES string of the molecule is Cc1cccc(CN2CCN(C(=O)c3cc4cc(C5CC5)ccc4[nH]3)CC2=O)c1.Cc1ccccc1. The summed E-state index contributed by atoms with van der Waals surface area (Å²) >= 11 is 0. The number of nitrogens with one attached hydrogen (secondary N) is 1. The lowest BCUT2D eigenvalue weighted by Gasteiger charge is -2.34. The lowest BCUT2D eigenvalue weighted by Crippen LogP contribution is -2.51. The van der Waals surface area contributed by atoms with Gasteiger partial charge in [0.15, 0.2) is 0 Å². The number of H-pyrrole nitrogens is 1. The zero-order valence-electron chi connectivity index (χ0n) is 21.0. The number of amides is 2. The number of benzene rings is 3. The Kier molecular flexibility index (Phi) is 6.90. The van der Waals surface area contributed by atoms with E-state index in [1.165, 1.54) is 29.5 Å². The van der Waals surface area contributed by atoms with E-state index in [2.05, 4.69) is 61.3 Å². The average Bonchev–Trinajstić information content (AvgIpc) is 3.64. The van der Waals surface area contributed by atoms with Crippen molar-refractivity contribution in [3.05, 3.63) is 107 Å². The smallest absolute Gasteiger partial charge is 0.270 e. The highest BCUT2D eigenvalue weighted by molar-refractivity contribution is 6.00. The predicted molar refractivity (Wildman–Crippen MR) is 144 cm³/mol. The molecule has 4 aromatic rings. The molecule has 2 aliphatic rings. The van der Waals surface area contributed by atoms with E-state index in [1.807, 2.05) is 41.3 Å². The molecule has 1 aromatic heterocycles. The molecular formula is C31H33N3O2. The van der Waals surface area contributed by atoms with Crippen molar-refractivity contribution in [3.8, 4) is 0 Å². The minimum atomic E-state index is -0.0993. The Labute approximate surface area is 212 Å². The van der Waals surface area contributed by atoms with Gasteiger partial charge in [-0.25, -0.2) is 0 Å². The molecule has 6 rings (SSSR count). The van der Waals surface area contributed by atoms with Gasteiger partial charge in [-0.2, -0.15) is 0 Å². The topological polar surface area (TPSA) is 56.4 Å². The van der Waals surface area contributed by atoms with Crippen molar-refractivity contribution < 1.29 is 9.59 Å². The first-order valence-corrected chi connectivity index (χ1v) is 12.7. The van der Waals surface area contributed by atoms with Crippen molar-refractivity contribution in [3.63, 3.8) is 0 Å². The minimum absolute atomic E-state index is 0.00163. The van der Waals surface area contributed by atoms with Crippen molar-refractivity contribution in [2.24, 2.45) is 0 Å².